The van der Waals surface area contributed by atoms with Crippen molar-refractivity contribution in [3.05, 3.63) is 71.4 Å². The Morgan fingerprint density at radius 2 is 1.85 bits per heavy atom. The molecule has 10 heteroatoms. The van der Waals surface area contributed by atoms with E-state index < -0.39 is 11.7 Å². The molecule has 0 spiro atoms. The first-order chi connectivity index (χ1) is 15.9. The molecule has 0 bridgehead atoms. The molecule has 1 aliphatic heterocycles. The second-order valence-corrected chi connectivity index (χ2v) is 7.50. The molecule has 0 N–H and O–H groups in total. The molecule has 4 aromatic rings. The van der Waals surface area contributed by atoms with E-state index in [4.69, 9.17) is 14.0 Å². The lowest BCUT2D eigenvalue weighted by Gasteiger charge is -2.24. The van der Waals surface area contributed by atoms with Crippen molar-refractivity contribution in [2.24, 2.45) is 0 Å². The largest absolute Gasteiger partial charge is 0.494 e. The predicted octanol–water partition coefficient (Wildman–Crippen LogP) is 5.29. The highest BCUT2D eigenvalue weighted by Gasteiger charge is 2.30. The van der Waals surface area contributed by atoms with Gasteiger partial charge in [-0.25, -0.2) is 0 Å². The third-order valence-corrected chi connectivity index (χ3v) is 5.31. The van der Waals surface area contributed by atoms with Crippen LogP contribution < -0.4 is 4.74 Å². The maximum atomic E-state index is 12.8. The van der Waals surface area contributed by atoms with Crippen LogP contribution in [0.1, 0.15) is 29.8 Å². The van der Waals surface area contributed by atoms with Gasteiger partial charge in [-0.2, -0.15) is 23.3 Å². The fraction of sp³-hybridized carbons (Fsp3) is 0.261. The van der Waals surface area contributed by atoms with Gasteiger partial charge >= 0.3 is 6.18 Å². The van der Waals surface area contributed by atoms with Gasteiger partial charge < -0.3 is 14.0 Å². The lowest BCUT2D eigenvalue weighted by molar-refractivity contribution is -0.137. The molecule has 2 aromatic carbocycles. The number of hydrogen-bond acceptors (Lipinski definition) is 6. The lowest BCUT2D eigenvalue weighted by Crippen LogP contribution is -2.21. The Morgan fingerprint density at radius 1 is 1.09 bits per heavy atom. The van der Waals surface area contributed by atoms with Gasteiger partial charge in [0.2, 0.25) is 5.82 Å². The summed E-state index contributed by atoms with van der Waals surface area (Å²) in [4.78, 5) is 4.30. The van der Waals surface area contributed by atoms with Gasteiger partial charge in [0.15, 0.2) is 5.69 Å². The first-order valence-electron chi connectivity index (χ1n) is 10.3. The minimum Gasteiger partial charge on any atom is -0.494 e. The van der Waals surface area contributed by atoms with Gasteiger partial charge in [0, 0.05) is 5.56 Å². The number of ether oxygens (including phenoxy) is 2. The first-order valence-corrected chi connectivity index (χ1v) is 10.3. The molecule has 1 aliphatic rings. The summed E-state index contributed by atoms with van der Waals surface area (Å²) in [6.07, 6.45) is -4.56. The molecular formula is C23H19F3N4O3. The van der Waals surface area contributed by atoms with Crippen LogP contribution in [0.3, 0.4) is 0 Å². The highest BCUT2D eigenvalue weighted by atomic mass is 19.4. The summed E-state index contributed by atoms with van der Waals surface area (Å²) < 4.78 is 56.9. The number of alkyl halides is 3. The fourth-order valence-electron chi connectivity index (χ4n) is 3.63. The maximum Gasteiger partial charge on any atom is 0.416 e. The van der Waals surface area contributed by atoms with Crippen molar-refractivity contribution in [2.75, 3.05) is 6.61 Å². The number of halogens is 3. The van der Waals surface area contributed by atoms with Crippen LogP contribution in [-0.4, -0.2) is 26.5 Å². The maximum absolute atomic E-state index is 12.8. The second-order valence-electron chi connectivity index (χ2n) is 7.50. The molecule has 0 amide bonds. The van der Waals surface area contributed by atoms with Crippen molar-refractivity contribution in [2.45, 2.75) is 32.4 Å². The van der Waals surface area contributed by atoms with E-state index in [1.165, 1.54) is 12.1 Å². The topological polar surface area (TPSA) is 75.2 Å². The zero-order chi connectivity index (χ0) is 23.0. The summed E-state index contributed by atoms with van der Waals surface area (Å²) in [5.74, 6) is 1.18. The molecule has 0 radical (unpaired) electrons. The zero-order valence-electron chi connectivity index (χ0n) is 17.5. The third-order valence-electron chi connectivity index (χ3n) is 5.31. The second kappa shape index (κ2) is 8.36. The summed E-state index contributed by atoms with van der Waals surface area (Å²) in [6, 6.07) is 14.2. The van der Waals surface area contributed by atoms with Gasteiger partial charge in [-0.15, -0.1) is 0 Å². The Morgan fingerprint density at radius 3 is 2.55 bits per heavy atom. The molecule has 0 saturated heterocycles. The molecule has 3 heterocycles. The molecule has 33 heavy (non-hydrogen) atoms. The summed E-state index contributed by atoms with van der Waals surface area (Å²) >= 11 is 0. The Hall–Kier alpha value is -3.66. The van der Waals surface area contributed by atoms with Crippen LogP contribution in [0.5, 0.6) is 5.75 Å². The summed E-state index contributed by atoms with van der Waals surface area (Å²) in [5.41, 5.74) is 2.04. The van der Waals surface area contributed by atoms with Crippen molar-refractivity contribution in [1.29, 1.82) is 0 Å². The van der Waals surface area contributed by atoms with Crippen molar-refractivity contribution < 1.29 is 27.2 Å². The van der Waals surface area contributed by atoms with E-state index >= 15 is 0 Å². The highest BCUT2D eigenvalue weighted by Crippen LogP contribution is 2.32. The Kier molecular flexibility index (Phi) is 5.37. The molecule has 5 rings (SSSR count). The van der Waals surface area contributed by atoms with Gasteiger partial charge in [-0.05, 0) is 42.8 Å². The molecule has 170 valence electrons. The predicted molar refractivity (Wildman–Crippen MR) is 111 cm³/mol. The fourth-order valence-corrected chi connectivity index (χ4v) is 3.63. The average molecular weight is 456 g/mol. The SMILES string of the molecule is CCOc1ccc([C@H]2Cn3nc(-c4nc(-c5ccc(C(F)(F)F)cc5)no4)cc3CO2)cc1. The van der Waals surface area contributed by atoms with E-state index in [0.29, 0.717) is 31.0 Å². The first kappa shape index (κ1) is 21.2. The minimum absolute atomic E-state index is 0.161. The summed E-state index contributed by atoms with van der Waals surface area (Å²) in [5, 5.41) is 8.45. The van der Waals surface area contributed by atoms with E-state index in [1.54, 1.807) is 6.07 Å². The number of nitrogens with zero attached hydrogens (tertiary/aromatic N) is 4. The van der Waals surface area contributed by atoms with Crippen LogP contribution in [0.4, 0.5) is 13.2 Å². The number of benzene rings is 2. The van der Waals surface area contributed by atoms with Crippen LogP contribution in [0.2, 0.25) is 0 Å². The smallest absolute Gasteiger partial charge is 0.416 e. The molecule has 7 nitrogen and oxygen atoms in total. The van der Waals surface area contributed by atoms with E-state index in [9.17, 15) is 13.2 Å². The van der Waals surface area contributed by atoms with Gasteiger partial charge in [0.25, 0.3) is 5.89 Å². The number of fused-ring (bicyclic) bond motifs is 1. The van der Waals surface area contributed by atoms with Gasteiger partial charge in [0.1, 0.15) is 11.9 Å². The van der Waals surface area contributed by atoms with Crippen molar-refractivity contribution in [1.82, 2.24) is 19.9 Å². The Labute approximate surface area is 186 Å². The van der Waals surface area contributed by atoms with Gasteiger partial charge in [0.05, 0.1) is 31.0 Å². The molecule has 0 fully saturated rings. The third kappa shape index (κ3) is 4.34. The standard InChI is InChI=1S/C23H19F3N4O3/c1-2-31-18-9-5-14(6-10-18)20-12-30-17(13-32-20)11-19(28-30)22-27-21(29-33-22)15-3-7-16(8-4-15)23(24,25)26/h3-11,20H,2,12-13H2,1H3/t20-/m1/s1. The van der Waals surface area contributed by atoms with Crippen LogP contribution in [0, 0.1) is 0 Å². The van der Waals surface area contributed by atoms with Crippen LogP contribution >= 0.6 is 0 Å². The van der Waals surface area contributed by atoms with Crippen molar-refractivity contribution in [3.8, 4) is 28.7 Å². The van der Waals surface area contributed by atoms with Crippen molar-refractivity contribution >= 4 is 0 Å². The summed E-state index contributed by atoms with van der Waals surface area (Å²) in [6.45, 7) is 3.42. The molecule has 0 saturated carbocycles. The number of rotatable bonds is 5. The Bertz CT molecular complexity index is 1250. The molecule has 0 unspecified atom stereocenters. The van der Waals surface area contributed by atoms with Crippen molar-refractivity contribution in [3.63, 3.8) is 0 Å². The monoisotopic (exact) mass is 456 g/mol. The lowest BCUT2D eigenvalue weighted by atomic mass is 10.1. The number of aromatic nitrogens is 4. The zero-order valence-corrected chi connectivity index (χ0v) is 17.5. The van der Waals surface area contributed by atoms with E-state index in [2.05, 4.69) is 15.2 Å². The Balaban J connectivity index is 1.32. The molecule has 1 atom stereocenters. The molecule has 0 aliphatic carbocycles. The van der Waals surface area contributed by atoms with E-state index in [-0.39, 0.29) is 17.8 Å². The summed E-state index contributed by atoms with van der Waals surface area (Å²) in [7, 11) is 0. The van der Waals surface area contributed by atoms with Crippen LogP contribution in [-0.2, 0) is 24.1 Å². The molecule has 2 aromatic heterocycles. The highest BCUT2D eigenvalue weighted by molar-refractivity contribution is 5.58. The van der Waals surface area contributed by atoms with E-state index in [1.807, 2.05) is 35.9 Å². The molecular weight excluding hydrogens is 437 g/mol. The quantitative estimate of drug-likeness (QED) is 0.406. The number of hydrogen-bond donors (Lipinski definition) is 0. The van der Waals surface area contributed by atoms with Gasteiger partial charge in [-0.1, -0.05) is 29.4 Å². The van der Waals surface area contributed by atoms with Crippen LogP contribution in [0.25, 0.3) is 23.0 Å². The van der Waals surface area contributed by atoms with E-state index in [0.717, 1.165) is 29.1 Å². The average Bonchev–Trinajstić information content (AvgIpc) is 3.46. The van der Waals surface area contributed by atoms with Gasteiger partial charge in [-0.3, -0.25) is 4.68 Å². The minimum atomic E-state index is -4.40. The van der Waals surface area contributed by atoms with Crippen LogP contribution in [0.15, 0.2) is 59.1 Å². The normalized spacial score (nSPS) is 15.9.